The number of ether oxygens (including phenoxy) is 1. The molecule has 0 bridgehead atoms. The van der Waals surface area contributed by atoms with Gasteiger partial charge in [0.1, 0.15) is 17.5 Å². The number of aromatic nitrogens is 3. The highest BCUT2D eigenvalue weighted by Gasteiger charge is 2.31. The predicted octanol–water partition coefficient (Wildman–Crippen LogP) is 2.34. The van der Waals surface area contributed by atoms with Crippen LogP contribution in [0.4, 0.5) is 11.5 Å². The van der Waals surface area contributed by atoms with Crippen molar-refractivity contribution < 1.29 is 9.53 Å². The van der Waals surface area contributed by atoms with Gasteiger partial charge in [-0.05, 0) is 38.1 Å². The summed E-state index contributed by atoms with van der Waals surface area (Å²) >= 11 is 0. The van der Waals surface area contributed by atoms with Gasteiger partial charge in [-0.25, -0.2) is 9.78 Å². The van der Waals surface area contributed by atoms with E-state index in [4.69, 9.17) is 9.72 Å². The van der Waals surface area contributed by atoms with E-state index in [0.717, 1.165) is 61.6 Å². The number of anilines is 2. The molecule has 1 saturated heterocycles. The Morgan fingerprint density at radius 1 is 1.18 bits per heavy atom. The van der Waals surface area contributed by atoms with E-state index in [1.54, 1.807) is 6.20 Å². The zero-order valence-corrected chi connectivity index (χ0v) is 18.9. The Morgan fingerprint density at radius 3 is 2.64 bits per heavy atom. The summed E-state index contributed by atoms with van der Waals surface area (Å²) in [7, 11) is 3.37. The van der Waals surface area contributed by atoms with Crippen molar-refractivity contribution in [2.24, 2.45) is 0 Å². The first-order valence-electron chi connectivity index (χ1n) is 11.2. The lowest BCUT2D eigenvalue weighted by Gasteiger charge is -2.37. The molecule has 0 radical (unpaired) electrons. The molecule has 5 rings (SSSR count). The van der Waals surface area contributed by atoms with E-state index in [1.807, 2.05) is 31.4 Å². The van der Waals surface area contributed by atoms with E-state index >= 15 is 0 Å². The van der Waals surface area contributed by atoms with Crippen LogP contribution in [-0.4, -0.2) is 66.9 Å². The molecule has 1 saturated carbocycles. The number of nitriles is 1. The molecule has 3 aromatic rings. The molecule has 0 spiro atoms. The maximum atomic E-state index is 11.8. The molecule has 170 valence electrons. The summed E-state index contributed by atoms with van der Waals surface area (Å²) in [6, 6.07) is 9.09. The molecule has 33 heavy (non-hydrogen) atoms. The first-order valence-corrected chi connectivity index (χ1v) is 11.2. The van der Waals surface area contributed by atoms with E-state index in [0.29, 0.717) is 23.2 Å². The molecule has 0 amide bonds. The quantitative estimate of drug-likeness (QED) is 0.598. The van der Waals surface area contributed by atoms with Crippen LogP contribution in [0.2, 0.25) is 0 Å². The molecule has 3 aromatic heterocycles. The molecule has 0 aromatic carbocycles. The largest absolute Gasteiger partial charge is 0.465 e. The fraction of sp³-hybridized carbons (Fsp3) is 0.417. The molecule has 4 heterocycles. The van der Waals surface area contributed by atoms with Crippen LogP contribution in [0.5, 0.6) is 0 Å². The van der Waals surface area contributed by atoms with Gasteiger partial charge in [0, 0.05) is 56.0 Å². The smallest absolute Gasteiger partial charge is 0.339 e. The lowest BCUT2D eigenvalue weighted by molar-refractivity contribution is 0.0600. The van der Waals surface area contributed by atoms with Crippen LogP contribution in [0.15, 0.2) is 36.8 Å². The number of pyridine rings is 2. The van der Waals surface area contributed by atoms with E-state index in [1.165, 1.54) is 13.3 Å². The van der Waals surface area contributed by atoms with Gasteiger partial charge in [-0.2, -0.15) is 5.26 Å². The molecule has 9 nitrogen and oxygen atoms in total. The van der Waals surface area contributed by atoms with Crippen LogP contribution < -0.4 is 15.1 Å². The Morgan fingerprint density at radius 2 is 1.94 bits per heavy atom. The minimum Gasteiger partial charge on any atom is -0.465 e. The van der Waals surface area contributed by atoms with Crippen molar-refractivity contribution in [1.82, 2.24) is 19.9 Å². The maximum Gasteiger partial charge on any atom is 0.339 e. The first-order chi connectivity index (χ1) is 16.1. The van der Waals surface area contributed by atoms with Crippen LogP contribution in [0, 0.1) is 11.3 Å². The second kappa shape index (κ2) is 8.71. The maximum absolute atomic E-state index is 11.8. The van der Waals surface area contributed by atoms with Crippen molar-refractivity contribution in [2.75, 3.05) is 50.1 Å². The van der Waals surface area contributed by atoms with Crippen LogP contribution >= 0.6 is 0 Å². The topological polar surface area (TPSA) is 99.3 Å². The summed E-state index contributed by atoms with van der Waals surface area (Å²) in [5, 5.41) is 13.8. The summed E-state index contributed by atoms with van der Waals surface area (Å²) < 4.78 is 7.00. The highest BCUT2D eigenvalue weighted by molar-refractivity contribution is 5.90. The Hall–Kier alpha value is -3.64. The molecular formula is C24H27N7O2. The average molecular weight is 446 g/mol. The Bertz CT molecular complexity index is 1220. The second-order valence-electron chi connectivity index (χ2n) is 8.61. The summed E-state index contributed by atoms with van der Waals surface area (Å²) in [5.74, 6) is 0.546. The molecule has 1 aliphatic carbocycles. The fourth-order valence-corrected chi connectivity index (χ4v) is 4.73. The third-order valence-corrected chi connectivity index (χ3v) is 6.81. The number of carbonyl (C=O) groups is 1. The van der Waals surface area contributed by atoms with E-state index < -0.39 is 0 Å². The van der Waals surface area contributed by atoms with Gasteiger partial charge in [0.15, 0.2) is 0 Å². The highest BCUT2D eigenvalue weighted by Crippen LogP contribution is 2.36. The number of nitrogens with zero attached hydrogens (tertiary/aromatic N) is 6. The monoisotopic (exact) mass is 445 g/mol. The molecule has 0 unspecified atom stereocenters. The van der Waals surface area contributed by atoms with E-state index in [2.05, 4.69) is 30.7 Å². The van der Waals surface area contributed by atoms with Gasteiger partial charge in [-0.15, -0.1) is 0 Å². The summed E-state index contributed by atoms with van der Waals surface area (Å²) in [5.41, 5.74) is 2.94. The molecule has 9 heteroatoms. The highest BCUT2D eigenvalue weighted by atomic mass is 16.5. The average Bonchev–Trinajstić information content (AvgIpc) is 3.21. The number of piperazine rings is 1. The standard InChI is InChI=1S/C24H27N7O2/c1-26-18-10-19(11-18)31-15-17(12-25)21-3-4-22(28-23(21)31)30-7-5-29(6-8-30)20-9-16(13-27-14-20)24(32)33-2/h3-4,9,13-15,18-19,26H,5-8,10-11H2,1-2H3/t18-,19-. The van der Waals surface area contributed by atoms with Gasteiger partial charge in [-0.3, -0.25) is 4.98 Å². The number of fused-ring (bicyclic) bond motifs is 1. The van der Waals surface area contributed by atoms with Crippen LogP contribution in [0.1, 0.15) is 34.8 Å². The number of nitrogens with one attached hydrogen (secondary N) is 1. The van der Waals surface area contributed by atoms with Crippen LogP contribution in [-0.2, 0) is 4.74 Å². The van der Waals surface area contributed by atoms with Crippen molar-refractivity contribution in [3.05, 3.63) is 47.9 Å². The fourth-order valence-electron chi connectivity index (χ4n) is 4.73. The van der Waals surface area contributed by atoms with Gasteiger partial charge < -0.3 is 24.4 Å². The van der Waals surface area contributed by atoms with E-state index in [-0.39, 0.29) is 5.97 Å². The zero-order chi connectivity index (χ0) is 22.9. The van der Waals surface area contributed by atoms with Gasteiger partial charge >= 0.3 is 5.97 Å². The third kappa shape index (κ3) is 3.87. The SMILES string of the molecule is CN[C@H]1C[C@H](n2cc(C#N)c3ccc(N4CCN(c5cncc(C(=O)OC)c5)CC4)nc32)C1. The molecule has 1 aliphatic heterocycles. The van der Waals surface area contributed by atoms with Crippen molar-refractivity contribution >= 4 is 28.5 Å². The van der Waals surface area contributed by atoms with Crippen molar-refractivity contribution in [1.29, 1.82) is 5.26 Å². The predicted molar refractivity (Wildman–Crippen MR) is 126 cm³/mol. The molecule has 2 aliphatic rings. The number of carbonyl (C=O) groups excluding carboxylic acids is 1. The van der Waals surface area contributed by atoms with Crippen LogP contribution in [0.3, 0.4) is 0 Å². The number of esters is 1. The Kier molecular flexibility index (Phi) is 5.60. The minimum absolute atomic E-state index is 0.376. The van der Waals surface area contributed by atoms with E-state index in [9.17, 15) is 10.1 Å². The molecule has 0 atom stereocenters. The van der Waals surface area contributed by atoms with Crippen molar-refractivity contribution in [3.63, 3.8) is 0 Å². The zero-order valence-electron chi connectivity index (χ0n) is 18.9. The molecular weight excluding hydrogens is 418 g/mol. The summed E-state index contributed by atoms with van der Waals surface area (Å²) in [4.78, 5) is 25.5. The Labute approximate surface area is 192 Å². The number of rotatable bonds is 5. The lowest BCUT2D eigenvalue weighted by atomic mass is 9.87. The Balaban J connectivity index is 1.34. The van der Waals surface area contributed by atoms with Crippen molar-refractivity contribution in [2.45, 2.75) is 24.9 Å². The van der Waals surface area contributed by atoms with Gasteiger partial charge in [0.2, 0.25) is 0 Å². The number of hydrogen-bond donors (Lipinski definition) is 1. The number of methoxy groups -OCH3 is 1. The van der Waals surface area contributed by atoms with Gasteiger partial charge in [-0.1, -0.05) is 0 Å². The number of hydrogen-bond acceptors (Lipinski definition) is 8. The summed E-state index contributed by atoms with van der Waals surface area (Å²) in [6.07, 6.45) is 7.36. The molecule has 1 N–H and O–H groups in total. The van der Waals surface area contributed by atoms with Crippen molar-refractivity contribution in [3.8, 4) is 6.07 Å². The van der Waals surface area contributed by atoms with Gasteiger partial charge in [0.25, 0.3) is 0 Å². The third-order valence-electron chi connectivity index (χ3n) is 6.81. The first kappa shape index (κ1) is 21.2. The van der Waals surface area contributed by atoms with Crippen LogP contribution in [0.25, 0.3) is 11.0 Å². The minimum atomic E-state index is -0.382. The molecule has 2 fully saturated rings. The normalized spacial score (nSPS) is 20.4. The summed E-state index contributed by atoms with van der Waals surface area (Å²) in [6.45, 7) is 3.20. The van der Waals surface area contributed by atoms with Gasteiger partial charge in [0.05, 0.1) is 30.1 Å². The lowest BCUT2D eigenvalue weighted by Crippen LogP contribution is -2.47. The second-order valence-corrected chi connectivity index (χ2v) is 8.61.